The van der Waals surface area contributed by atoms with Gasteiger partial charge in [0.2, 0.25) is 0 Å². The molecule has 0 saturated heterocycles. The van der Waals surface area contributed by atoms with Gasteiger partial charge in [-0.15, -0.1) is 0 Å². The molecular formula is C60H37N3O. The van der Waals surface area contributed by atoms with Gasteiger partial charge in [-0.3, -0.25) is 0 Å². The van der Waals surface area contributed by atoms with E-state index in [0.717, 1.165) is 89.4 Å². The number of nitrogens with zero attached hydrogens (tertiary/aromatic N) is 3. The first kappa shape index (κ1) is 36.2. The van der Waals surface area contributed by atoms with Crippen molar-refractivity contribution in [2.45, 2.75) is 5.41 Å². The van der Waals surface area contributed by atoms with Gasteiger partial charge in [0.1, 0.15) is 11.5 Å². The molecule has 1 aliphatic heterocycles. The van der Waals surface area contributed by atoms with Gasteiger partial charge in [-0.25, -0.2) is 15.0 Å². The number of fused-ring (bicyclic) bond motifs is 13. The minimum atomic E-state index is -0.586. The third kappa shape index (κ3) is 5.46. The third-order valence-electron chi connectivity index (χ3n) is 13.1. The quantitative estimate of drug-likeness (QED) is 0.162. The van der Waals surface area contributed by atoms with Crippen LogP contribution >= 0.6 is 0 Å². The summed E-state index contributed by atoms with van der Waals surface area (Å²) < 4.78 is 6.66. The number of hydrogen-bond acceptors (Lipinski definition) is 4. The molecule has 2 aliphatic rings. The van der Waals surface area contributed by atoms with Gasteiger partial charge in [0.15, 0.2) is 5.82 Å². The molecular weight excluding hydrogens is 779 g/mol. The molecule has 11 aromatic rings. The highest BCUT2D eigenvalue weighted by Gasteiger charge is 2.51. The molecule has 4 nitrogen and oxygen atoms in total. The van der Waals surface area contributed by atoms with Gasteiger partial charge >= 0.3 is 0 Å². The number of rotatable bonds is 5. The molecule has 0 radical (unpaired) electrons. The Morgan fingerprint density at radius 1 is 0.344 bits per heavy atom. The summed E-state index contributed by atoms with van der Waals surface area (Å²) in [6.07, 6.45) is 0. The predicted molar refractivity (Wildman–Crippen MR) is 259 cm³/mol. The minimum Gasteiger partial charge on any atom is -0.457 e. The predicted octanol–water partition coefficient (Wildman–Crippen LogP) is 15.0. The summed E-state index contributed by atoms with van der Waals surface area (Å²) in [4.78, 5) is 16.0. The summed E-state index contributed by atoms with van der Waals surface area (Å²) in [7, 11) is 0. The molecule has 0 fully saturated rings. The van der Waals surface area contributed by atoms with E-state index in [0.29, 0.717) is 5.82 Å². The molecule has 0 saturated carbocycles. The molecule has 0 bridgehead atoms. The topological polar surface area (TPSA) is 47.9 Å². The number of ether oxygens (including phenoxy) is 1. The van der Waals surface area contributed by atoms with Gasteiger partial charge in [-0.1, -0.05) is 194 Å². The van der Waals surface area contributed by atoms with E-state index in [-0.39, 0.29) is 0 Å². The molecule has 0 unspecified atom stereocenters. The molecule has 13 rings (SSSR count). The molecule has 298 valence electrons. The fraction of sp³-hybridized carbons (Fsp3) is 0.0167. The maximum absolute atomic E-state index is 6.66. The molecule has 2 aromatic heterocycles. The van der Waals surface area contributed by atoms with Crippen molar-refractivity contribution in [1.29, 1.82) is 0 Å². The summed E-state index contributed by atoms with van der Waals surface area (Å²) in [5.41, 5.74) is 16.5. The van der Waals surface area contributed by atoms with Crippen LogP contribution in [0.15, 0.2) is 224 Å². The number of para-hydroxylation sites is 2. The Kier molecular flexibility index (Phi) is 8.09. The van der Waals surface area contributed by atoms with E-state index in [2.05, 4.69) is 200 Å². The molecule has 9 aromatic carbocycles. The Bertz CT molecular complexity index is 3590. The van der Waals surface area contributed by atoms with E-state index in [1.54, 1.807) is 0 Å². The zero-order valence-electron chi connectivity index (χ0n) is 34.6. The van der Waals surface area contributed by atoms with E-state index in [4.69, 9.17) is 19.7 Å². The largest absolute Gasteiger partial charge is 0.457 e. The average Bonchev–Trinajstić information content (AvgIpc) is 3.67. The zero-order chi connectivity index (χ0) is 42.2. The lowest BCUT2D eigenvalue weighted by Gasteiger charge is -2.39. The molecule has 1 spiro atoms. The fourth-order valence-electron chi connectivity index (χ4n) is 10.4. The van der Waals surface area contributed by atoms with Crippen molar-refractivity contribution >= 4 is 21.7 Å². The van der Waals surface area contributed by atoms with Gasteiger partial charge in [-0.05, 0) is 63.7 Å². The highest BCUT2D eigenvalue weighted by Crippen LogP contribution is 2.63. The number of pyridine rings is 1. The van der Waals surface area contributed by atoms with Crippen LogP contribution in [0.3, 0.4) is 0 Å². The lowest BCUT2D eigenvalue weighted by molar-refractivity contribution is 0.436. The van der Waals surface area contributed by atoms with Crippen LogP contribution < -0.4 is 4.74 Å². The minimum absolute atomic E-state index is 0.586. The maximum atomic E-state index is 6.66. The zero-order valence-corrected chi connectivity index (χ0v) is 34.6. The summed E-state index contributed by atoms with van der Waals surface area (Å²) in [5.74, 6) is 2.43. The summed E-state index contributed by atoms with van der Waals surface area (Å²) in [6.45, 7) is 0. The van der Waals surface area contributed by atoms with Gasteiger partial charge < -0.3 is 4.74 Å². The standard InChI is InChI=1S/C60H37N3O/c1-4-17-38(18-5-1)41-23-16-24-42(35-41)51-37-52(63-59(62-51)40-21-8-3-9-22-40)43-31-32-45-53(36-43)61-58(39-19-6-2-7-20-39)46-33-34-50-57(56(45)46)44-25-10-11-26-47(44)60(50)48-27-12-14-29-54(48)64-55-30-15-13-28-49(55)60/h1-37H. The molecule has 0 N–H and O–H groups in total. The highest BCUT2D eigenvalue weighted by atomic mass is 16.5. The molecule has 4 heteroatoms. The Morgan fingerprint density at radius 3 is 1.59 bits per heavy atom. The van der Waals surface area contributed by atoms with E-state index in [1.165, 1.54) is 27.6 Å². The van der Waals surface area contributed by atoms with Crippen molar-refractivity contribution in [1.82, 2.24) is 15.0 Å². The first-order chi connectivity index (χ1) is 31.7. The second-order valence-electron chi connectivity index (χ2n) is 16.6. The fourth-order valence-corrected chi connectivity index (χ4v) is 10.4. The Balaban J connectivity index is 1.08. The Morgan fingerprint density at radius 2 is 0.891 bits per heavy atom. The van der Waals surface area contributed by atoms with Crippen LogP contribution in [0.4, 0.5) is 0 Å². The van der Waals surface area contributed by atoms with Gasteiger partial charge in [-0.2, -0.15) is 0 Å². The second kappa shape index (κ2) is 14.3. The number of aromatic nitrogens is 3. The molecule has 1 aliphatic carbocycles. The Labute approximate surface area is 370 Å². The first-order valence-corrected chi connectivity index (χ1v) is 21.8. The SMILES string of the molecule is c1ccc(-c2cccc(-c3cc(-c4ccc5c(c4)nc(-c4ccccc4)c4ccc6c(c45)-c4ccccc4C64c5ccccc5Oc5ccccc54)nc(-c4ccccc4)n3)c2)cc1. The third-order valence-corrected chi connectivity index (χ3v) is 13.1. The van der Waals surface area contributed by atoms with Gasteiger partial charge in [0.05, 0.1) is 28.0 Å². The maximum Gasteiger partial charge on any atom is 0.160 e. The second-order valence-corrected chi connectivity index (χ2v) is 16.6. The van der Waals surface area contributed by atoms with E-state index in [9.17, 15) is 0 Å². The van der Waals surface area contributed by atoms with Crippen LogP contribution in [0.2, 0.25) is 0 Å². The van der Waals surface area contributed by atoms with Crippen molar-refractivity contribution in [3.63, 3.8) is 0 Å². The molecule has 0 atom stereocenters. The first-order valence-electron chi connectivity index (χ1n) is 21.8. The van der Waals surface area contributed by atoms with Crippen LogP contribution in [-0.4, -0.2) is 15.0 Å². The average molecular weight is 816 g/mol. The number of hydrogen-bond donors (Lipinski definition) is 0. The van der Waals surface area contributed by atoms with Crippen LogP contribution in [0.1, 0.15) is 22.3 Å². The van der Waals surface area contributed by atoms with Crippen molar-refractivity contribution in [3.8, 4) is 78.9 Å². The summed E-state index contributed by atoms with van der Waals surface area (Å²) in [6, 6.07) is 79.4. The van der Waals surface area contributed by atoms with Gasteiger partial charge in [0.25, 0.3) is 0 Å². The van der Waals surface area contributed by atoms with Crippen molar-refractivity contribution in [3.05, 3.63) is 247 Å². The summed E-state index contributed by atoms with van der Waals surface area (Å²) >= 11 is 0. The lowest BCUT2D eigenvalue weighted by atomic mass is 9.66. The molecule has 64 heavy (non-hydrogen) atoms. The van der Waals surface area contributed by atoms with Crippen molar-refractivity contribution < 1.29 is 4.74 Å². The lowest BCUT2D eigenvalue weighted by Crippen LogP contribution is -2.32. The van der Waals surface area contributed by atoms with Crippen LogP contribution in [0.5, 0.6) is 11.5 Å². The monoisotopic (exact) mass is 815 g/mol. The van der Waals surface area contributed by atoms with Crippen LogP contribution in [-0.2, 0) is 5.41 Å². The molecule has 3 heterocycles. The van der Waals surface area contributed by atoms with E-state index in [1.807, 2.05) is 24.3 Å². The Hall–Kier alpha value is -8.47. The van der Waals surface area contributed by atoms with Crippen molar-refractivity contribution in [2.24, 2.45) is 0 Å². The van der Waals surface area contributed by atoms with Crippen LogP contribution in [0, 0.1) is 0 Å². The normalized spacial score (nSPS) is 12.9. The van der Waals surface area contributed by atoms with E-state index < -0.39 is 5.41 Å². The van der Waals surface area contributed by atoms with Crippen molar-refractivity contribution in [2.75, 3.05) is 0 Å². The molecule has 0 amide bonds. The summed E-state index contributed by atoms with van der Waals surface area (Å²) in [5, 5.41) is 3.38. The number of benzene rings is 9. The van der Waals surface area contributed by atoms with Gasteiger partial charge in [0, 0.05) is 49.5 Å². The highest BCUT2D eigenvalue weighted by molar-refractivity contribution is 6.20. The van der Waals surface area contributed by atoms with Crippen LogP contribution in [0.25, 0.3) is 89.1 Å². The van der Waals surface area contributed by atoms with E-state index >= 15 is 0 Å². The smallest absolute Gasteiger partial charge is 0.160 e.